The summed E-state index contributed by atoms with van der Waals surface area (Å²) in [6.07, 6.45) is 4.42. The Morgan fingerprint density at radius 3 is 2.25 bits per heavy atom. The van der Waals surface area contributed by atoms with Crippen molar-refractivity contribution in [1.82, 2.24) is 5.32 Å². The standard InChI is InChI=1S/C12H13Cl2NO/c1-4-12(2,3)15-11(16)8-5-9(13)7-10(14)6-8/h1,5-7,11,15-16H,2-3H3. The van der Waals surface area contributed by atoms with Gasteiger partial charge in [0, 0.05) is 10.0 Å². The molecule has 0 radical (unpaired) electrons. The highest BCUT2D eigenvalue weighted by Crippen LogP contribution is 2.23. The molecule has 0 heterocycles. The number of aliphatic hydroxyl groups excluding tert-OH is 1. The molecule has 0 spiro atoms. The van der Waals surface area contributed by atoms with E-state index in [1.807, 2.05) is 0 Å². The number of benzene rings is 1. The summed E-state index contributed by atoms with van der Waals surface area (Å²) in [5.41, 5.74) is -0.0189. The van der Waals surface area contributed by atoms with Crippen LogP contribution in [0.1, 0.15) is 25.6 Å². The molecule has 0 aliphatic carbocycles. The topological polar surface area (TPSA) is 32.3 Å². The highest BCUT2D eigenvalue weighted by molar-refractivity contribution is 6.34. The summed E-state index contributed by atoms with van der Waals surface area (Å²) >= 11 is 11.7. The second-order valence-electron chi connectivity index (χ2n) is 4.02. The van der Waals surface area contributed by atoms with Crippen LogP contribution >= 0.6 is 23.2 Å². The second kappa shape index (κ2) is 5.07. The van der Waals surface area contributed by atoms with Crippen LogP contribution in [0.4, 0.5) is 0 Å². The first-order valence-electron chi connectivity index (χ1n) is 4.73. The number of rotatable bonds is 3. The Balaban J connectivity index is 2.89. The SMILES string of the molecule is C#CC(C)(C)NC(O)c1cc(Cl)cc(Cl)c1. The molecule has 0 saturated heterocycles. The molecule has 1 rings (SSSR count). The largest absolute Gasteiger partial charge is 0.374 e. The van der Waals surface area contributed by atoms with Gasteiger partial charge in [-0.25, -0.2) is 0 Å². The van der Waals surface area contributed by atoms with Gasteiger partial charge < -0.3 is 5.11 Å². The summed E-state index contributed by atoms with van der Waals surface area (Å²) < 4.78 is 0. The molecule has 1 unspecified atom stereocenters. The van der Waals surface area contributed by atoms with Crippen molar-refractivity contribution in [2.45, 2.75) is 25.6 Å². The van der Waals surface area contributed by atoms with Gasteiger partial charge in [-0.3, -0.25) is 5.32 Å². The van der Waals surface area contributed by atoms with E-state index in [-0.39, 0.29) is 0 Å². The molecule has 16 heavy (non-hydrogen) atoms. The van der Waals surface area contributed by atoms with Gasteiger partial charge >= 0.3 is 0 Å². The molecule has 0 aromatic heterocycles. The molecular formula is C12H13Cl2NO. The lowest BCUT2D eigenvalue weighted by atomic mass is 10.1. The minimum atomic E-state index is -0.901. The lowest BCUT2D eigenvalue weighted by Gasteiger charge is -2.24. The first-order chi connectivity index (χ1) is 7.34. The van der Waals surface area contributed by atoms with E-state index in [4.69, 9.17) is 29.6 Å². The normalized spacial score (nSPS) is 13.2. The molecule has 1 aromatic carbocycles. The Morgan fingerprint density at radius 1 is 1.31 bits per heavy atom. The highest BCUT2D eigenvalue weighted by Gasteiger charge is 2.19. The number of hydrogen-bond acceptors (Lipinski definition) is 2. The summed E-state index contributed by atoms with van der Waals surface area (Å²) in [6.45, 7) is 3.59. The lowest BCUT2D eigenvalue weighted by molar-refractivity contribution is 0.116. The zero-order valence-electron chi connectivity index (χ0n) is 9.09. The van der Waals surface area contributed by atoms with Crippen LogP contribution in [0.5, 0.6) is 0 Å². The van der Waals surface area contributed by atoms with E-state index >= 15 is 0 Å². The van der Waals surface area contributed by atoms with Crippen LogP contribution in [0.25, 0.3) is 0 Å². The first kappa shape index (κ1) is 13.3. The summed E-state index contributed by atoms with van der Waals surface area (Å²) in [4.78, 5) is 0. The van der Waals surface area contributed by atoms with E-state index in [0.29, 0.717) is 15.6 Å². The van der Waals surface area contributed by atoms with Gasteiger partial charge in [-0.2, -0.15) is 0 Å². The molecule has 4 heteroatoms. The van der Waals surface area contributed by atoms with E-state index in [1.165, 1.54) is 0 Å². The van der Waals surface area contributed by atoms with Crippen LogP contribution in [0.15, 0.2) is 18.2 Å². The van der Waals surface area contributed by atoms with Crippen molar-refractivity contribution in [2.24, 2.45) is 0 Å². The van der Waals surface area contributed by atoms with Crippen molar-refractivity contribution >= 4 is 23.2 Å². The summed E-state index contributed by atoms with van der Waals surface area (Å²) in [5, 5.41) is 13.7. The van der Waals surface area contributed by atoms with Gasteiger partial charge in [0.15, 0.2) is 0 Å². The molecule has 86 valence electrons. The second-order valence-corrected chi connectivity index (χ2v) is 4.89. The molecule has 1 atom stereocenters. The molecule has 0 saturated carbocycles. The molecule has 0 aliphatic rings. The van der Waals surface area contributed by atoms with Gasteiger partial charge in [0.1, 0.15) is 6.23 Å². The van der Waals surface area contributed by atoms with Crippen LogP contribution in [0, 0.1) is 12.3 Å². The number of halogens is 2. The Kier molecular flexibility index (Phi) is 4.23. The minimum absolute atomic E-state index is 0.474. The third-order valence-corrected chi connectivity index (χ3v) is 2.50. The number of aliphatic hydroxyl groups is 1. The maximum absolute atomic E-state index is 9.91. The molecule has 2 nitrogen and oxygen atoms in total. The number of nitrogens with one attached hydrogen (secondary N) is 1. The summed E-state index contributed by atoms with van der Waals surface area (Å²) in [6, 6.07) is 4.88. The van der Waals surface area contributed by atoms with Crippen molar-refractivity contribution in [3.63, 3.8) is 0 Å². The number of terminal acetylenes is 1. The molecule has 1 aromatic rings. The van der Waals surface area contributed by atoms with Gasteiger partial charge in [0.25, 0.3) is 0 Å². The van der Waals surface area contributed by atoms with Crippen LogP contribution in [-0.4, -0.2) is 10.6 Å². The molecular weight excluding hydrogens is 245 g/mol. The van der Waals surface area contributed by atoms with Crippen LogP contribution in [0.2, 0.25) is 10.0 Å². The van der Waals surface area contributed by atoms with Gasteiger partial charge in [-0.05, 0) is 37.6 Å². The monoisotopic (exact) mass is 257 g/mol. The molecule has 0 amide bonds. The maximum Gasteiger partial charge on any atom is 0.132 e. The van der Waals surface area contributed by atoms with E-state index in [0.717, 1.165) is 0 Å². The zero-order valence-corrected chi connectivity index (χ0v) is 10.6. The molecule has 0 fully saturated rings. The Labute approximate surface area is 106 Å². The van der Waals surface area contributed by atoms with Gasteiger partial charge in [0.05, 0.1) is 5.54 Å². The van der Waals surface area contributed by atoms with Crippen molar-refractivity contribution in [2.75, 3.05) is 0 Å². The predicted molar refractivity (Wildman–Crippen MR) is 67.5 cm³/mol. The third-order valence-electron chi connectivity index (χ3n) is 2.06. The fourth-order valence-corrected chi connectivity index (χ4v) is 1.74. The van der Waals surface area contributed by atoms with Gasteiger partial charge in [-0.1, -0.05) is 29.1 Å². The fraction of sp³-hybridized carbons (Fsp3) is 0.333. The third kappa shape index (κ3) is 3.70. The zero-order chi connectivity index (χ0) is 12.3. The Morgan fingerprint density at radius 2 is 1.81 bits per heavy atom. The number of hydrogen-bond donors (Lipinski definition) is 2. The van der Waals surface area contributed by atoms with Crippen LogP contribution in [0.3, 0.4) is 0 Å². The highest BCUT2D eigenvalue weighted by atomic mass is 35.5. The Bertz CT molecular complexity index is 403. The van der Waals surface area contributed by atoms with Gasteiger partial charge in [0.2, 0.25) is 0 Å². The minimum Gasteiger partial charge on any atom is -0.374 e. The molecule has 0 bridgehead atoms. The summed E-state index contributed by atoms with van der Waals surface area (Å²) in [7, 11) is 0. The van der Waals surface area contributed by atoms with E-state index in [1.54, 1.807) is 32.0 Å². The molecule has 2 N–H and O–H groups in total. The fourth-order valence-electron chi connectivity index (χ4n) is 1.20. The van der Waals surface area contributed by atoms with Gasteiger partial charge in [-0.15, -0.1) is 6.42 Å². The quantitative estimate of drug-likeness (QED) is 0.645. The van der Waals surface area contributed by atoms with Crippen molar-refractivity contribution in [3.05, 3.63) is 33.8 Å². The van der Waals surface area contributed by atoms with E-state index in [9.17, 15) is 5.11 Å². The average molecular weight is 258 g/mol. The summed E-state index contributed by atoms with van der Waals surface area (Å²) in [5.74, 6) is 2.53. The van der Waals surface area contributed by atoms with Crippen LogP contribution in [-0.2, 0) is 0 Å². The van der Waals surface area contributed by atoms with Crippen molar-refractivity contribution in [3.8, 4) is 12.3 Å². The Hall–Kier alpha value is -0.720. The van der Waals surface area contributed by atoms with E-state index in [2.05, 4.69) is 11.2 Å². The lowest BCUT2D eigenvalue weighted by Crippen LogP contribution is -2.40. The molecule has 0 aliphatic heterocycles. The maximum atomic E-state index is 9.91. The predicted octanol–water partition coefficient (Wildman–Crippen LogP) is 2.99. The smallest absolute Gasteiger partial charge is 0.132 e. The average Bonchev–Trinajstić information content (AvgIpc) is 2.15. The first-order valence-corrected chi connectivity index (χ1v) is 5.49. The van der Waals surface area contributed by atoms with Crippen molar-refractivity contribution in [1.29, 1.82) is 0 Å². The van der Waals surface area contributed by atoms with Crippen molar-refractivity contribution < 1.29 is 5.11 Å². The van der Waals surface area contributed by atoms with Crippen LogP contribution < -0.4 is 5.32 Å². The van der Waals surface area contributed by atoms with E-state index < -0.39 is 11.8 Å².